The minimum absolute atomic E-state index is 0.0665. The molecule has 2 heterocycles. The average molecular weight is 393 g/mol. The molecular formula is C21H19N3O3S. The highest BCUT2D eigenvalue weighted by molar-refractivity contribution is 7.17. The molecule has 2 N–H and O–H groups in total. The zero-order chi connectivity index (χ0) is 19.7. The van der Waals surface area contributed by atoms with Gasteiger partial charge in [-0.05, 0) is 42.7 Å². The average Bonchev–Trinajstić information content (AvgIpc) is 3.08. The van der Waals surface area contributed by atoms with E-state index < -0.39 is 0 Å². The zero-order valence-corrected chi connectivity index (χ0v) is 16.1. The van der Waals surface area contributed by atoms with E-state index in [1.807, 2.05) is 30.3 Å². The fourth-order valence-electron chi connectivity index (χ4n) is 3.23. The summed E-state index contributed by atoms with van der Waals surface area (Å²) in [7, 11) is 0. The molecule has 1 aromatic heterocycles. The van der Waals surface area contributed by atoms with Crippen molar-refractivity contribution in [2.45, 2.75) is 26.3 Å². The molecule has 0 aliphatic carbocycles. The normalized spacial score (nSPS) is 13.3. The van der Waals surface area contributed by atoms with Gasteiger partial charge < -0.3 is 10.4 Å². The number of rotatable bonds is 4. The number of phenolic OH excluding ortho intramolecular Hbond substituents is 1. The third-order valence-corrected chi connectivity index (χ3v) is 5.78. The van der Waals surface area contributed by atoms with Crippen LogP contribution in [0.2, 0.25) is 0 Å². The van der Waals surface area contributed by atoms with Crippen LogP contribution in [0.3, 0.4) is 0 Å². The Morgan fingerprint density at radius 3 is 2.79 bits per heavy atom. The van der Waals surface area contributed by atoms with Crippen LogP contribution in [-0.2, 0) is 17.8 Å². The third kappa shape index (κ3) is 3.48. The molecule has 0 fully saturated rings. The number of phenols is 1. The molecule has 6 nitrogen and oxygen atoms in total. The van der Waals surface area contributed by atoms with Crippen molar-refractivity contribution < 1.29 is 14.7 Å². The summed E-state index contributed by atoms with van der Waals surface area (Å²) in [6.45, 7) is 2.20. The summed E-state index contributed by atoms with van der Waals surface area (Å²) >= 11 is 1.20. The highest BCUT2D eigenvalue weighted by atomic mass is 32.1. The predicted molar refractivity (Wildman–Crippen MR) is 108 cm³/mol. The number of amides is 2. The number of aryl methyl sites for hydroxylation is 2. The topological polar surface area (TPSA) is 82.5 Å². The Kier molecular flexibility index (Phi) is 4.83. The largest absolute Gasteiger partial charge is 0.508 e. The van der Waals surface area contributed by atoms with Gasteiger partial charge >= 0.3 is 0 Å². The van der Waals surface area contributed by atoms with Crippen LogP contribution < -0.4 is 10.2 Å². The van der Waals surface area contributed by atoms with Crippen LogP contribution in [-0.4, -0.2) is 21.9 Å². The lowest BCUT2D eigenvalue weighted by Crippen LogP contribution is -2.30. The lowest BCUT2D eigenvalue weighted by Gasteiger charge is -2.27. The van der Waals surface area contributed by atoms with E-state index >= 15 is 0 Å². The van der Waals surface area contributed by atoms with Gasteiger partial charge in [0.05, 0.1) is 11.4 Å². The first-order chi connectivity index (χ1) is 13.5. The lowest BCUT2D eigenvalue weighted by atomic mass is 10.0. The third-order valence-electron chi connectivity index (χ3n) is 4.64. The van der Waals surface area contributed by atoms with Gasteiger partial charge in [-0.1, -0.05) is 41.7 Å². The van der Waals surface area contributed by atoms with Gasteiger partial charge in [0.2, 0.25) is 5.91 Å². The molecule has 28 heavy (non-hydrogen) atoms. The van der Waals surface area contributed by atoms with Gasteiger partial charge in [0.1, 0.15) is 10.6 Å². The summed E-state index contributed by atoms with van der Waals surface area (Å²) in [5, 5.41) is 13.1. The molecular weight excluding hydrogens is 374 g/mol. The van der Waals surface area contributed by atoms with Gasteiger partial charge in [0, 0.05) is 13.0 Å². The molecule has 2 amide bonds. The Bertz CT molecular complexity index is 1050. The van der Waals surface area contributed by atoms with E-state index in [-0.39, 0.29) is 17.6 Å². The minimum Gasteiger partial charge on any atom is -0.508 e. The second-order valence-corrected chi connectivity index (χ2v) is 7.60. The first-order valence-electron chi connectivity index (χ1n) is 8.97. The Morgan fingerprint density at radius 2 is 2.00 bits per heavy atom. The first-order valence-corrected chi connectivity index (χ1v) is 9.79. The fourth-order valence-corrected chi connectivity index (χ4v) is 4.25. The van der Waals surface area contributed by atoms with E-state index in [1.165, 1.54) is 11.3 Å². The molecule has 0 bridgehead atoms. The molecule has 2 aromatic carbocycles. The first kappa shape index (κ1) is 18.2. The van der Waals surface area contributed by atoms with Crippen molar-refractivity contribution in [2.24, 2.45) is 0 Å². The Balaban J connectivity index is 1.59. The Morgan fingerprint density at radius 1 is 1.21 bits per heavy atom. The quantitative estimate of drug-likeness (QED) is 0.708. The fraction of sp³-hybridized carbons (Fsp3) is 0.190. The van der Waals surface area contributed by atoms with Crippen LogP contribution in [0.5, 0.6) is 5.75 Å². The number of aromatic nitrogens is 1. The van der Waals surface area contributed by atoms with E-state index in [0.29, 0.717) is 40.8 Å². The number of hydrogen-bond acceptors (Lipinski definition) is 5. The molecule has 3 aromatic rings. The smallest absolute Gasteiger partial charge is 0.263 e. The maximum Gasteiger partial charge on any atom is 0.263 e. The maximum atomic E-state index is 12.6. The molecule has 0 saturated heterocycles. The van der Waals surface area contributed by atoms with Gasteiger partial charge in [0.25, 0.3) is 5.91 Å². The van der Waals surface area contributed by atoms with Gasteiger partial charge in [0.15, 0.2) is 5.13 Å². The molecule has 7 heteroatoms. The molecule has 0 atom stereocenters. The minimum atomic E-state index is -0.208. The van der Waals surface area contributed by atoms with Crippen LogP contribution in [0, 0.1) is 6.92 Å². The van der Waals surface area contributed by atoms with Crippen molar-refractivity contribution in [1.82, 2.24) is 10.3 Å². The lowest BCUT2D eigenvalue weighted by molar-refractivity contribution is -0.118. The predicted octanol–water partition coefficient (Wildman–Crippen LogP) is 3.70. The van der Waals surface area contributed by atoms with Crippen molar-refractivity contribution in [3.63, 3.8) is 0 Å². The number of carbonyl (C=O) groups excluding carboxylic acids is 2. The van der Waals surface area contributed by atoms with Crippen molar-refractivity contribution in [2.75, 3.05) is 4.90 Å². The molecule has 142 valence electrons. The van der Waals surface area contributed by atoms with Crippen LogP contribution in [0.4, 0.5) is 10.8 Å². The number of nitrogens with zero attached hydrogens (tertiary/aromatic N) is 2. The number of carbonyl (C=O) groups is 2. The van der Waals surface area contributed by atoms with Gasteiger partial charge in [-0.2, -0.15) is 0 Å². The highest BCUT2D eigenvalue weighted by Crippen LogP contribution is 2.38. The summed E-state index contributed by atoms with van der Waals surface area (Å²) < 4.78 is 0. The molecule has 0 saturated carbocycles. The summed E-state index contributed by atoms with van der Waals surface area (Å²) in [6, 6.07) is 14.6. The number of aromatic hydroxyl groups is 1. The molecule has 0 radical (unpaired) electrons. The molecule has 1 aliphatic rings. The summed E-state index contributed by atoms with van der Waals surface area (Å²) in [5.41, 5.74) is 3.20. The maximum absolute atomic E-state index is 12.6. The van der Waals surface area contributed by atoms with Crippen molar-refractivity contribution in [3.05, 3.63) is 70.2 Å². The molecule has 4 rings (SSSR count). The van der Waals surface area contributed by atoms with Gasteiger partial charge in [-0.25, -0.2) is 4.98 Å². The van der Waals surface area contributed by atoms with Crippen molar-refractivity contribution in [1.29, 1.82) is 0 Å². The van der Waals surface area contributed by atoms with E-state index in [1.54, 1.807) is 30.0 Å². The Hall–Kier alpha value is -3.19. The summed E-state index contributed by atoms with van der Waals surface area (Å²) in [6.07, 6.45) is 0.915. The number of fused-ring (bicyclic) bond motifs is 1. The van der Waals surface area contributed by atoms with E-state index in [9.17, 15) is 14.7 Å². The van der Waals surface area contributed by atoms with E-state index in [2.05, 4.69) is 10.3 Å². The monoisotopic (exact) mass is 393 g/mol. The van der Waals surface area contributed by atoms with Gasteiger partial charge in [-0.15, -0.1) is 0 Å². The van der Waals surface area contributed by atoms with Crippen LogP contribution >= 0.6 is 11.3 Å². The summed E-state index contributed by atoms with van der Waals surface area (Å²) in [5.74, 6) is -0.104. The highest BCUT2D eigenvalue weighted by Gasteiger charge is 2.29. The molecule has 1 aliphatic heterocycles. The van der Waals surface area contributed by atoms with E-state index in [4.69, 9.17) is 0 Å². The summed E-state index contributed by atoms with van der Waals surface area (Å²) in [4.78, 5) is 31.7. The zero-order valence-electron chi connectivity index (χ0n) is 15.3. The Labute approximate surface area is 166 Å². The standard InChI is InChI=1S/C21H19N3O3S/c1-13-19(20(27)22-12-14-5-3-2-4-6-14)28-21(23-13)24-17-9-8-16(25)11-15(17)7-10-18(24)26/h2-6,8-9,11,25H,7,10,12H2,1H3,(H,22,27). The molecule has 0 spiro atoms. The van der Waals surface area contributed by atoms with Crippen molar-refractivity contribution in [3.8, 4) is 5.75 Å². The number of nitrogens with one attached hydrogen (secondary N) is 1. The van der Waals surface area contributed by atoms with Crippen LogP contribution in [0.25, 0.3) is 0 Å². The number of thiazole rings is 1. The number of benzene rings is 2. The second-order valence-electron chi connectivity index (χ2n) is 6.62. The second kappa shape index (κ2) is 7.44. The van der Waals surface area contributed by atoms with Crippen LogP contribution in [0.1, 0.15) is 32.9 Å². The van der Waals surface area contributed by atoms with Crippen LogP contribution in [0.15, 0.2) is 48.5 Å². The van der Waals surface area contributed by atoms with E-state index in [0.717, 1.165) is 11.1 Å². The van der Waals surface area contributed by atoms with Crippen molar-refractivity contribution >= 4 is 34.0 Å². The molecule has 0 unspecified atom stereocenters. The SMILES string of the molecule is Cc1nc(N2C(=O)CCc3cc(O)ccc32)sc1C(=O)NCc1ccccc1. The number of anilines is 2. The van der Waals surface area contributed by atoms with Gasteiger partial charge in [-0.3, -0.25) is 14.5 Å². The number of hydrogen-bond donors (Lipinski definition) is 2.